The van der Waals surface area contributed by atoms with E-state index < -0.39 is 11.2 Å². The summed E-state index contributed by atoms with van der Waals surface area (Å²) in [6, 6.07) is 0.194. The average Bonchev–Trinajstić information content (AvgIpc) is 2.34. The Morgan fingerprint density at radius 2 is 1.82 bits per heavy atom. The number of carboxylic acids is 1. The highest BCUT2D eigenvalue weighted by molar-refractivity contribution is 8.00. The number of carboxylic acid groups (broad SMARTS) is 1. The Morgan fingerprint density at radius 3 is 2.18 bits per heavy atom. The summed E-state index contributed by atoms with van der Waals surface area (Å²) in [5, 5.41) is 8.59. The van der Waals surface area contributed by atoms with Crippen LogP contribution in [0.5, 0.6) is 12.0 Å². The number of hydrogen-bond donors (Lipinski definition) is 1. The van der Waals surface area contributed by atoms with Gasteiger partial charge in [-0.1, -0.05) is 18.7 Å². The molecular weight excluding hydrogens is 246 g/mol. The Balaban J connectivity index is 2.92. The van der Waals surface area contributed by atoms with Crippen molar-refractivity contribution in [2.24, 2.45) is 0 Å². The summed E-state index contributed by atoms with van der Waals surface area (Å²) in [7, 11) is 2.83. The summed E-state index contributed by atoms with van der Waals surface area (Å²) >= 11 is 1.03. The predicted octanol–water partition coefficient (Wildman–Crippen LogP) is 0.844. The highest BCUT2D eigenvalue weighted by atomic mass is 32.2. The fourth-order valence-electron chi connectivity index (χ4n) is 0.991. The van der Waals surface area contributed by atoms with E-state index in [1.807, 2.05) is 0 Å². The third-order valence-corrected chi connectivity index (χ3v) is 3.05. The molecule has 7 nitrogen and oxygen atoms in total. The van der Waals surface area contributed by atoms with Crippen LogP contribution in [0.15, 0.2) is 5.16 Å². The van der Waals surface area contributed by atoms with E-state index in [4.69, 9.17) is 14.6 Å². The number of hydrogen-bond acceptors (Lipinski definition) is 7. The lowest BCUT2D eigenvalue weighted by Gasteiger charge is -2.09. The molecule has 0 aliphatic heterocycles. The summed E-state index contributed by atoms with van der Waals surface area (Å²) in [6.45, 7) is 1.78. The van der Waals surface area contributed by atoms with Crippen LogP contribution in [0.3, 0.4) is 0 Å². The van der Waals surface area contributed by atoms with Gasteiger partial charge in [0.05, 0.1) is 14.2 Å². The molecule has 1 heterocycles. The number of ether oxygens (including phenoxy) is 2. The van der Waals surface area contributed by atoms with Gasteiger partial charge in [-0.3, -0.25) is 4.79 Å². The molecular formula is C9H13N3O4S. The summed E-state index contributed by atoms with van der Waals surface area (Å²) in [5.41, 5.74) is 0. The van der Waals surface area contributed by atoms with E-state index in [1.54, 1.807) is 6.92 Å². The zero-order chi connectivity index (χ0) is 12.8. The van der Waals surface area contributed by atoms with Crippen LogP contribution in [0.1, 0.15) is 13.3 Å². The maximum atomic E-state index is 10.9. The van der Waals surface area contributed by atoms with Crippen LogP contribution in [0, 0.1) is 0 Å². The summed E-state index contributed by atoms with van der Waals surface area (Å²) < 4.78 is 9.74. The fourth-order valence-corrected chi connectivity index (χ4v) is 1.77. The quantitative estimate of drug-likeness (QED) is 0.751. The van der Waals surface area contributed by atoms with Gasteiger partial charge in [0.15, 0.2) is 5.16 Å². The summed E-state index contributed by atoms with van der Waals surface area (Å²) in [4.78, 5) is 22.6. The van der Waals surface area contributed by atoms with Gasteiger partial charge >= 0.3 is 18.0 Å². The van der Waals surface area contributed by atoms with Crippen molar-refractivity contribution in [3.63, 3.8) is 0 Å². The van der Waals surface area contributed by atoms with Crippen molar-refractivity contribution in [1.82, 2.24) is 15.0 Å². The number of rotatable bonds is 6. The number of carbonyl (C=O) groups is 1. The maximum Gasteiger partial charge on any atom is 0.323 e. The number of thioether (sulfide) groups is 1. The predicted molar refractivity (Wildman–Crippen MR) is 60.5 cm³/mol. The van der Waals surface area contributed by atoms with E-state index in [-0.39, 0.29) is 17.2 Å². The molecule has 0 bridgehead atoms. The highest BCUT2D eigenvalue weighted by Crippen LogP contribution is 2.24. The van der Waals surface area contributed by atoms with Crippen LogP contribution in [0.4, 0.5) is 0 Å². The van der Waals surface area contributed by atoms with Gasteiger partial charge in [0.1, 0.15) is 5.25 Å². The molecule has 0 saturated carbocycles. The molecule has 0 radical (unpaired) electrons. The van der Waals surface area contributed by atoms with Crippen molar-refractivity contribution < 1.29 is 19.4 Å². The molecule has 0 spiro atoms. The lowest BCUT2D eigenvalue weighted by Crippen LogP contribution is -2.15. The summed E-state index contributed by atoms with van der Waals surface area (Å²) in [5.74, 6) is -0.907. The van der Waals surface area contributed by atoms with Crippen LogP contribution in [-0.4, -0.2) is 45.5 Å². The van der Waals surface area contributed by atoms with Crippen molar-refractivity contribution >= 4 is 17.7 Å². The molecule has 0 aromatic carbocycles. The SMILES string of the molecule is CCC(Sc1nc(OC)nc(OC)n1)C(=O)O. The van der Waals surface area contributed by atoms with Crippen LogP contribution in [0.2, 0.25) is 0 Å². The Morgan fingerprint density at radius 1 is 1.29 bits per heavy atom. The first-order valence-corrected chi connectivity index (χ1v) is 5.72. The van der Waals surface area contributed by atoms with Crippen LogP contribution >= 0.6 is 11.8 Å². The first kappa shape index (κ1) is 13.5. The van der Waals surface area contributed by atoms with E-state index in [0.29, 0.717) is 6.42 Å². The average molecular weight is 259 g/mol. The Kier molecular flexibility index (Phi) is 4.95. The fraction of sp³-hybridized carbons (Fsp3) is 0.556. The minimum absolute atomic E-state index is 0.0968. The molecule has 0 fully saturated rings. The second-order valence-corrected chi connectivity index (χ2v) is 4.11. The molecule has 1 unspecified atom stereocenters. The van der Waals surface area contributed by atoms with Crippen LogP contribution in [0.25, 0.3) is 0 Å². The monoisotopic (exact) mass is 259 g/mol. The molecule has 0 aliphatic rings. The zero-order valence-corrected chi connectivity index (χ0v) is 10.5. The second-order valence-electron chi connectivity index (χ2n) is 2.94. The van der Waals surface area contributed by atoms with Gasteiger partial charge in [0.2, 0.25) is 0 Å². The molecule has 1 atom stereocenters. The molecule has 8 heteroatoms. The Bertz CT molecular complexity index is 380. The molecule has 1 aromatic heterocycles. The largest absolute Gasteiger partial charge is 0.480 e. The zero-order valence-electron chi connectivity index (χ0n) is 9.71. The smallest absolute Gasteiger partial charge is 0.323 e. The van der Waals surface area contributed by atoms with Crippen molar-refractivity contribution in [2.45, 2.75) is 23.8 Å². The Labute approximate surface area is 103 Å². The minimum atomic E-state index is -0.907. The number of aromatic nitrogens is 3. The molecule has 1 aromatic rings. The molecule has 0 saturated heterocycles. The van der Waals surface area contributed by atoms with E-state index in [0.717, 1.165) is 11.8 Å². The van der Waals surface area contributed by atoms with Crippen molar-refractivity contribution in [3.05, 3.63) is 0 Å². The van der Waals surface area contributed by atoms with Gasteiger partial charge in [-0.05, 0) is 6.42 Å². The van der Waals surface area contributed by atoms with Crippen LogP contribution in [-0.2, 0) is 4.79 Å². The van der Waals surface area contributed by atoms with Gasteiger partial charge in [-0.2, -0.15) is 9.97 Å². The molecule has 17 heavy (non-hydrogen) atoms. The third kappa shape index (κ3) is 3.74. The Hall–Kier alpha value is -1.57. The maximum absolute atomic E-state index is 10.9. The number of nitrogens with zero attached hydrogens (tertiary/aromatic N) is 3. The summed E-state index contributed by atoms with van der Waals surface area (Å²) in [6.07, 6.45) is 0.469. The standard InChI is InChI=1S/C9H13N3O4S/c1-4-5(6(13)14)17-9-11-7(15-2)10-8(12-9)16-3/h5H,4H2,1-3H3,(H,13,14). The van der Waals surface area contributed by atoms with E-state index in [1.165, 1.54) is 14.2 Å². The van der Waals surface area contributed by atoms with Crippen molar-refractivity contribution in [1.29, 1.82) is 0 Å². The topological polar surface area (TPSA) is 94.4 Å². The van der Waals surface area contributed by atoms with Crippen molar-refractivity contribution in [3.8, 4) is 12.0 Å². The highest BCUT2D eigenvalue weighted by Gasteiger charge is 2.19. The molecule has 1 rings (SSSR count). The van der Waals surface area contributed by atoms with E-state index >= 15 is 0 Å². The number of methoxy groups -OCH3 is 2. The lowest BCUT2D eigenvalue weighted by atomic mass is 10.3. The van der Waals surface area contributed by atoms with E-state index in [9.17, 15) is 4.79 Å². The second kappa shape index (κ2) is 6.24. The molecule has 0 aliphatic carbocycles. The number of aliphatic carboxylic acids is 1. The molecule has 94 valence electrons. The van der Waals surface area contributed by atoms with Gasteiger partial charge in [0.25, 0.3) is 0 Å². The van der Waals surface area contributed by atoms with Gasteiger partial charge < -0.3 is 14.6 Å². The van der Waals surface area contributed by atoms with Gasteiger partial charge in [-0.25, -0.2) is 0 Å². The molecule has 1 N–H and O–H groups in total. The van der Waals surface area contributed by atoms with E-state index in [2.05, 4.69) is 15.0 Å². The molecule has 0 amide bonds. The first-order valence-electron chi connectivity index (χ1n) is 4.84. The minimum Gasteiger partial charge on any atom is -0.480 e. The lowest BCUT2D eigenvalue weighted by molar-refractivity contribution is -0.136. The van der Waals surface area contributed by atoms with Gasteiger partial charge in [0, 0.05) is 0 Å². The van der Waals surface area contributed by atoms with Crippen molar-refractivity contribution in [2.75, 3.05) is 14.2 Å². The first-order chi connectivity index (χ1) is 8.10. The normalized spacial score (nSPS) is 11.9. The van der Waals surface area contributed by atoms with Crippen LogP contribution < -0.4 is 9.47 Å². The van der Waals surface area contributed by atoms with Gasteiger partial charge in [-0.15, -0.1) is 4.98 Å². The third-order valence-electron chi connectivity index (χ3n) is 1.83.